The summed E-state index contributed by atoms with van der Waals surface area (Å²) >= 11 is 0. The van der Waals surface area contributed by atoms with Gasteiger partial charge in [-0.3, -0.25) is 0 Å². The van der Waals surface area contributed by atoms with E-state index in [0.29, 0.717) is 13.2 Å². The van der Waals surface area contributed by atoms with E-state index >= 15 is 0 Å². The Hall–Kier alpha value is -1.52. The Balaban J connectivity index is 1.68. The van der Waals surface area contributed by atoms with Crippen molar-refractivity contribution in [2.75, 3.05) is 13.2 Å². The first kappa shape index (κ1) is 10.0. The van der Waals surface area contributed by atoms with Gasteiger partial charge in [-0.1, -0.05) is 41.7 Å². The molecule has 0 atom stereocenters. The Bertz CT molecular complexity index is 386. The molecule has 1 nitrogen and oxygen atoms in total. The first-order chi connectivity index (χ1) is 7.45. The predicted octanol–water partition coefficient (Wildman–Crippen LogP) is 2.77. The van der Waals surface area contributed by atoms with Gasteiger partial charge in [-0.05, 0) is 25.0 Å². The molecule has 0 saturated heterocycles. The van der Waals surface area contributed by atoms with Crippen LogP contribution in [0.5, 0.6) is 0 Å². The van der Waals surface area contributed by atoms with E-state index in [4.69, 9.17) is 4.74 Å². The van der Waals surface area contributed by atoms with E-state index < -0.39 is 0 Å². The Kier molecular flexibility index (Phi) is 3.59. The fraction of sp³-hybridized carbons (Fsp3) is 0.286. The fourth-order valence-corrected chi connectivity index (χ4v) is 1.22. The van der Waals surface area contributed by atoms with Crippen LogP contribution in [0.25, 0.3) is 0 Å². The molecular formula is C14H14O. The van der Waals surface area contributed by atoms with Crippen LogP contribution >= 0.6 is 0 Å². The van der Waals surface area contributed by atoms with Crippen LogP contribution in [-0.4, -0.2) is 13.2 Å². The van der Waals surface area contributed by atoms with Crippen molar-refractivity contribution in [3.63, 3.8) is 0 Å². The van der Waals surface area contributed by atoms with Crippen LogP contribution in [0, 0.1) is 11.8 Å². The summed E-state index contributed by atoms with van der Waals surface area (Å²) in [5.41, 5.74) is 2.56. The van der Waals surface area contributed by atoms with Gasteiger partial charge >= 0.3 is 0 Å². The topological polar surface area (TPSA) is 9.23 Å². The molecule has 15 heavy (non-hydrogen) atoms. The molecule has 1 aromatic rings. The molecule has 1 fully saturated rings. The number of allylic oxidation sites excluding steroid dienone is 1. The number of ether oxygens (including phenoxy) is 1. The third kappa shape index (κ3) is 4.01. The van der Waals surface area contributed by atoms with Crippen LogP contribution < -0.4 is 0 Å². The summed E-state index contributed by atoms with van der Waals surface area (Å²) in [5.74, 6) is 6.05. The van der Waals surface area contributed by atoms with Crippen molar-refractivity contribution in [1.82, 2.24) is 0 Å². The average molecular weight is 198 g/mol. The highest BCUT2D eigenvalue weighted by Crippen LogP contribution is 2.26. The van der Waals surface area contributed by atoms with Gasteiger partial charge in [0.25, 0.3) is 0 Å². The lowest BCUT2D eigenvalue weighted by molar-refractivity contribution is 0.199. The molecule has 76 valence electrons. The summed E-state index contributed by atoms with van der Waals surface area (Å²) in [6, 6.07) is 9.96. The van der Waals surface area contributed by atoms with Crippen molar-refractivity contribution in [3.8, 4) is 11.8 Å². The smallest absolute Gasteiger partial charge is 0.108 e. The second-order valence-electron chi connectivity index (χ2n) is 3.55. The summed E-state index contributed by atoms with van der Waals surface area (Å²) in [4.78, 5) is 0. The molecule has 2 rings (SSSR count). The zero-order valence-electron chi connectivity index (χ0n) is 8.70. The molecule has 0 aliphatic heterocycles. The van der Waals surface area contributed by atoms with Crippen molar-refractivity contribution >= 4 is 0 Å². The summed E-state index contributed by atoms with van der Waals surface area (Å²) in [6.07, 6.45) is 4.68. The third-order valence-electron chi connectivity index (χ3n) is 2.21. The zero-order chi connectivity index (χ0) is 10.3. The minimum atomic E-state index is 0.513. The first-order valence-electron chi connectivity index (χ1n) is 5.25. The summed E-state index contributed by atoms with van der Waals surface area (Å²) in [7, 11) is 0. The zero-order valence-corrected chi connectivity index (χ0v) is 8.70. The van der Waals surface area contributed by atoms with Gasteiger partial charge in [-0.2, -0.15) is 0 Å². The Labute approximate surface area is 90.8 Å². The maximum absolute atomic E-state index is 5.36. The minimum Gasteiger partial charge on any atom is -0.365 e. The maximum Gasteiger partial charge on any atom is 0.108 e. The van der Waals surface area contributed by atoms with Gasteiger partial charge in [0.1, 0.15) is 6.61 Å². The van der Waals surface area contributed by atoms with E-state index in [-0.39, 0.29) is 0 Å². The van der Waals surface area contributed by atoms with Gasteiger partial charge in [0.05, 0.1) is 6.61 Å². The fourth-order valence-electron chi connectivity index (χ4n) is 1.22. The first-order valence-corrected chi connectivity index (χ1v) is 5.25. The SMILES string of the molecule is C(#Cc1ccccc1)COCC=C1CC1. The van der Waals surface area contributed by atoms with Crippen molar-refractivity contribution < 1.29 is 4.74 Å². The Morgan fingerprint density at radius 3 is 2.73 bits per heavy atom. The van der Waals surface area contributed by atoms with Gasteiger partial charge in [-0.25, -0.2) is 0 Å². The Morgan fingerprint density at radius 1 is 1.20 bits per heavy atom. The normalized spacial score (nSPS) is 12.9. The molecule has 0 heterocycles. The van der Waals surface area contributed by atoms with Crippen molar-refractivity contribution in [2.45, 2.75) is 12.8 Å². The number of hydrogen-bond acceptors (Lipinski definition) is 1. The predicted molar refractivity (Wildman–Crippen MR) is 61.5 cm³/mol. The summed E-state index contributed by atoms with van der Waals surface area (Å²) in [6.45, 7) is 1.22. The second kappa shape index (κ2) is 5.38. The Morgan fingerprint density at radius 2 is 2.00 bits per heavy atom. The molecule has 1 aliphatic carbocycles. The lowest BCUT2D eigenvalue weighted by atomic mass is 10.2. The molecule has 0 bridgehead atoms. The molecule has 0 amide bonds. The molecular weight excluding hydrogens is 184 g/mol. The van der Waals surface area contributed by atoms with Gasteiger partial charge in [-0.15, -0.1) is 0 Å². The van der Waals surface area contributed by atoms with E-state index in [0.717, 1.165) is 5.56 Å². The van der Waals surface area contributed by atoms with Crippen molar-refractivity contribution in [2.24, 2.45) is 0 Å². The van der Waals surface area contributed by atoms with Gasteiger partial charge in [0.15, 0.2) is 0 Å². The maximum atomic E-state index is 5.36. The molecule has 1 heteroatoms. The van der Waals surface area contributed by atoms with Gasteiger partial charge < -0.3 is 4.74 Å². The summed E-state index contributed by atoms with van der Waals surface area (Å²) < 4.78 is 5.36. The van der Waals surface area contributed by atoms with E-state index in [9.17, 15) is 0 Å². The minimum absolute atomic E-state index is 0.513. The molecule has 0 N–H and O–H groups in total. The highest BCUT2D eigenvalue weighted by Gasteiger charge is 2.08. The van der Waals surface area contributed by atoms with Crippen LogP contribution in [0.15, 0.2) is 42.0 Å². The third-order valence-corrected chi connectivity index (χ3v) is 2.21. The average Bonchev–Trinajstić information content (AvgIpc) is 3.09. The molecule has 0 unspecified atom stereocenters. The molecule has 0 radical (unpaired) electrons. The van der Waals surface area contributed by atoms with Crippen molar-refractivity contribution in [3.05, 3.63) is 47.5 Å². The van der Waals surface area contributed by atoms with Crippen LogP contribution in [-0.2, 0) is 4.74 Å². The van der Waals surface area contributed by atoms with Crippen LogP contribution in [0.2, 0.25) is 0 Å². The monoisotopic (exact) mass is 198 g/mol. The largest absolute Gasteiger partial charge is 0.365 e. The molecule has 1 aromatic carbocycles. The number of hydrogen-bond donors (Lipinski definition) is 0. The molecule has 1 aliphatic rings. The van der Waals surface area contributed by atoms with Crippen LogP contribution in [0.1, 0.15) is 18.4 Å². The van der Waals surface area contributed by atoms with Gasteiger partial charge in [0.2, 0.25) is 0 Å². The lowest BCUT2D eigenvalue weighted by Gasteiger charge is -1.91. The standard InChI is InChI=1S/C14H14O/c1-2-5-13(6-3-1)7-4-11-15-12-10-14-8-9-14/h1-3,5-6,10H,8-9,11-12H2. The molecule has 0 aromatic heterocycles. The molecule has 0 spiro atoms. The van der Waals surface area contributed by atoms with Crippen LogP contribution in [0.4, 0.5) is 0 Å². The highest BCUT2D eigenvalue weighted by atomic mass is 16.5. The second-order valence-corrected chi connectivity index (χ2v) is 3.55. The number of rotatable bonds is 3. The van der Waals surface area contributed by atoms with Crippen LogP contribution in [0.3, 0.4) is 0 Å². The molecule has 1 saturated carbocycles. The van der Waals surface area contributed by atoms with Crippen molar-refractivity contribution in [1.29, 1.82) is 0 Å². The quantitative estimate of drug-likeness (QED) is 0.412. The van der Waals surface area contributed by atoms with E-state index in [2.05, 4.69) is 17.9 Å². The highest BCUT2D eigenvalue weighted by molar-refractivity contribution is 5.33. The number of benzene rings is 1. The van der Waals surface area contributed by atoms with E-state index in [1.54, 1.807) is 0 Å². The van der Waals surface area contributed by atoms with E-state index in [1.165, 1.54) is 18.4 Å². The summed E-state index contributed by atoms with van der Waals surface area (Å²) in [5, 5.41) is 0. The lowest BCUT2D eigenvalue weighted by Crippen LogP contribution is -1.90. The van der Waals surface area contributed by atoms with Gasteiger partial charge in [0, 0.05) is 5.56 Å². The van der Waals surface area contributed by atoms with E-state index in [1.807, 2.05) is 30.3 Å².